The summed E-state index contributed by atoms with van der Waals surface area (Å²) in [6, 6.07) is 8.24. The molecular formula is C10H15OPS. The summed E-state index contributed by atoms with van der Waals surface area (Å²) in [6.45, 7) is 4.88. The van der Waals surface area contributed by atoms with Crippen molar-refractivity contribution in [1.29, 1.82) is 0 Å². The SMILES string of the molecule is CCOc1ccc(CC)cc1.P=S. The van der Waals surface area contributed by atoms with Crippen molar-refractivity contribution in [2.24, 2.45) is 0 Å². The molecule has 0 spiro atoms. The Labute approximate surface area is 87.4 Å². The van der Waals surface area contributed by atoms with Crippen molar-refractivity contribution in [2.45, 2.75) is 20.3 Å². The van der Waals surface area contributed by atoms with Gasteiger partial charge in [-0.15, -0.1) is 0 Å². The molecule has 1 nitrogen and oxygen atoms in total. The van der Waals surface area contributed by atoms with Gasteiger partial charge in [-0.25, -0.2) is 0 Å². The van der Waals surface area contributed by atoms with E-state index in [1.807, 2.05) is 19.1 Å². The van der Waals surface area contributed by atoms with Crippen LogP contribution in [0, 0.1) is 0 Å². The van der Waals surface area contributed by atoms with E-state index in [0.29, 0.717) is 0 Å². The van der Waals surface area contributed by atoms with Crippen LogP contribution >= 0.6 is 8.02 Å². The fraction of sp³-hybridized carbons (Fsp3) is 0.400. The predicted octanol–water partition coefficient (Wildman–Crippen LogP) is 3.24. The first kappa shape index (κ1) is 12.5. The lowest BCUT2D eigenvalue weighted by Crippen LogP contribution is -1.90. The summed E-state index contributed by atoms with van der Waals surface area (Å²) in [4.78, 5) is 0. The van der Waals surface area contributed by atoms with Crippen LogP contribution in [0.15, 0.2) is 24.3 Å². The quantitative estimate of drug-likeness (QED) is 0.714. The van der Waals surface area contributed by atoms with E-state index in [9.17, 15) is 0 Å². The van der Waals surface area contributed by atoms with E-state index in [0.717, 1.165) is 18.8 Å². The number of ether oxygens (including phenoxy) is 1. The second kappa shape index (κ2) is 8.15. The standard InChI is InChI=1S/C10H14O.HPS/c1-3-9-5-7-10(8-6-9)11-4-2;1-2/h5-8H,3-4H2,1-2H3;1H. The molecule has 0 radical (unpaired) electrons. The second-order valence-electron chi connectivity index (χ2n) is 2.43. The fourth-order valence-electron chi connectivity index (χ4n) is 0.988. The molecule has 0 aliphatic rings. The Balaban J connectivity index is 0.000000671. The first-order valence-electron chi connectivity index (χ1n) is 4.29. The molecule has 0 aliphatic heterocycles. The summed E-state index contributed by atoms with van der Waals surface area (Å²) < 4.78 is 5.31. The number of hydrogen-bond acceptors (Lipinski definition) is 2. The van der Waals surface area contributed by atoms with E-state index >= 15 is 0 Å². The van der Waals surface area contributed by atoms with E-state index in [4.69, 9.17) is 4.74 Å². The van der Waals surface area contributed by atoms with Crippen molar-refractivity contribution in [3.8, 4) is 5.75 Å². The van der Waals surface area contributed by atoms with Crippen LogP contribution in [0.3, 0.4) is 0 Å². The molecule has 72 valence electrons. The Hall–Kier alpha value is -0.460. The summed E-state index contributed by atoms with van der Waals surface area (Å²) in [6.07, 6.45) is 1.09. The molecule has 13 heavy (non-hydrogen) atoms. The van der Waals surface area contributed by atoms with Gasteiger partial charge in [0.05, 0.1) is 6.61 Å². The molecule has 0 aliphatic carbocycles. The molecule has 0 saturated heterocycles. The predicted molar refractivity (Wildman–Crippen MR) is 62.7 cm³/mol. The van der Waals surface area contributed by atoms with E-state index in [1.165, 1.54) is 5.56 Å². The van der Waals surface area contributed by atoms with Gasteiger partial charge in [-0.1, -0.05) is 30.9 Å². The maximum atomic E-state index is 5.31. The third-order valence-electron chi connectivity index (χ3n) is 1.64. The zero-order valence-corrected chi connectivity index (χ0v) is 9.86. The van der Waals surface area contributed by atoms with Crippen molar-refractivity contribution >= 4 is 19.8 Å². The molecule has 0 bridgehead atoms. The third kappa shape index (κ3) is 4.97. The number of benzene rings is 1. The zero-order valence-electron chi connectivity index (χ0n) is 8.04. The number of rotatable bonds is 3. The minimum atomic E-state index is 0.742. The molecule has 0 unspecified atom stereocenters. The van der Waals surface area contributed by atoms with Crippen LogP contribution in [0.4, 0.5) is 0 Å². The van der Waals surface area contributed by atoms with Crippen LogP contribution in [0.1, 0.15) is 19.4 Å². The Morgan fingerprint density at radius 3 is 2.08 bits per heavy atom. The van der Waals surface area contributed by atoms with E-state index in [-0.39, 0.29) is 0 Å². The number of hydrogen-bond donors (Lipinski definition) is 0. The third-order valence-corrected chi connectivity index (χ3v) is 1.64. The number of aryl methyl sites for hydroxylation is 1. The fourth-order valence-corrected chi connectivity index (χ4v) is 0.988. The molecule has 0 heterocycles. The van der Waals surface area contributed by atoms with Crippen LogP contribution in [0.5, 0.6) is 5.75 Å². The summed E-state index contributed by atoms with van der Waals surface area (Å²) in [7, 11) is 2.56. The molecule has 3 heteroatoms. The highest BCUT2D eigenvalue weighted by Gasteiger charge is 1.90. The van der Waals surface area contributed by atoms with E-state index in [1.54, 1.807) is 0 Å². The largest absolute Gasteiger partial charge is 0.494 e. The lowest BCUT2D eigenvalue weighted by molar-refractivity contribution is 0.340. The molecule has 1 aromatic carbocycles. The van der Waals surface area contributed by atoms with Crippen molar-refractivity contribution in [2.75, 3.05) is 6.61 Å². The lowest BCUT2D eigenvalue weighted by atomic mass is 10.2. The van der Waals surface area contributed by atoms with Gasteiger partial charge in [0, 0.05) is 0 Å². The van der Waals surface area contributed by atoms with Crippen molar-refractivity contribution in [3.05, 3.63) is 29.8 Å². The molecule has 0 aromatic heterocycles. The van der Waals surface area contributed by atoms with Crippen LogP contribution in [-0.4, -0.2) is 6.61 Å². The van der Waals surface area contributed by atoms with Gasteiger partial charge < -0.3 is 4.74 Å². The average molecular weight is 214 g/mol. The topological polar surface area (TPSA) is 9.23 Å². The smallest absolute Gasteiger partial charge is 0.119 e. The van der Waals surface area contributed by atoms with Gasteiger partial charge in [-0.05, 0) is 39.1 Å². The molecule has 0 atom stereocenters. The van der Waals surface area contributed by atoms with Gasteiger partial charge >= 0.3 is 0 Å². The molecule has 0 N–H and O–H groups in total. The molecule has 0 fully saturated rings. The van der Waals surface area contributed by atoms with Gasteiger partial charge in [0.1, 0.15) is 5.75 Å². The Morgan fingerprint density at radius 2 is 1.69 bits per heavy atom. The average Bonchev–Trinajstić information content (AvgIpc) is 2.23. The summed E-state index contributed by atoms with van der Waals surface area (Å²) in [5.41, 5.74) is 1.36. The van der Waals surface area contributed by atoms with Gasteiger partial charge in [-0.3, -0.25) is 0 Å². The lowest BCUT2D eigenvalue weighted by Gasteiger charge is -2.02. The van der Waals surface area contributed by atoms with Crippen LogP contribution in [-0.2, 0) is 18.2 Å². The summed E-state index contributed by atoms with van der Waals surface area (Å²) >= 11 is 3.89. The van der Waals surface area contributed by atoms with Crippen molar-refractivity contribution in [3.63, 3.8) is 0 Å². The van der Waals surface area contributed by atoms with Crippen LogP contribution in [0.2, 0.25) is 0 Å². The van der Waals surface area contributed by atoms with E-state index in [2.05, 4.69) is 38.9 Å². The molecule has 0 saturated carbocycles. The normalized spacial score (nSPS) is 8.46. The molecule has 1 aromatic rings. The van der Waals surface area contributed by atoms with Gasteiger partial charge in [0.15, 0.2) is 0 Å². The minimum Gasteiger partial charge on any atom is -0.494 e. The Kier molecular flexibility index (Phi) is 7.86. The maximum Gasteiger partial charge on any atom is 0.119 e. The zero-order chi connectivity index (χ0) is 10.1. The van der Waals surface area contributed by atoms with Gasteiger partial charge in [0.25, 0.3) is 0 Å². The molecule has 1 rings (SSSR count). The molecular weight excluding hydrogens is 199 g/mol. The van der Waals surface area contributed by atoms with Gasteiger partial charge in [0.2, 0.25) is 0 Å². The Morgan fingerprint density at radius 1 is 1.15 bits per heavy atom. The van der Waals surface area contributed by atoms with Crippen molar-refractivity contribution < 1.29 is 4.74 Å². The van der Waals surface area contributed by atoms with E-state index < -0.39 is 0 Å². The summed E-state index contributed by atoms with van der Waals surface area (Å²) in [5, 5.41) is 0. The van der Waals surface area contributed by atoms with Crippen LogP contribution in [0.25, 0.3) is 0 Å². The summed E-state index contributed by atoms with van der Waals surface area (Å²) in [5.74, 6) is 0.963. The highest BCUT2D eigenvalue weighted by Crippen LogP contribution is 2.11. The van der Waals surface area contributed by atoms with Crippen molar-refractivity contribution in [1.82, 2.24) is 0 Å². The Bertz CT molecular complexity index is 223. The highest BCUT2D eigenvalue weighted by atomic mass is 32.4. The monoisotopic (exact) mass is 214 g/mol. The highest BCUT2D eigenvalue weighted by molar-refractivity contribution is 7.88. The first-order chi connectivity index (χ1) is 6.36. The van der Waals surface area contributed by atoms with Crippen LogP contribution < -0.4 is 4.74 Å². The van der Waals surface area contributed by atoms with Gasteiger partial charge in [-0.2, -0.15) is 0 Å². The first-order valence-corrected chi connectivity index (χ1v) is 5.92. The molecule has 0 amide bonds. The second-order valence-corrected chi connectivity index (χ2v) is 2.43. The minimum absolute atomic E-state index is 0.742. The maximum absolute atomic E-state index is 5.31.